The van der Waals surface area contributed by atoms with Gasteiger partial charge in [0.15, 0.2) is 11.6 Å². The van der Waals surface area contributed by atoms with Gasteiger partial charge in [-0.2, -0.15) is 0 Å². The van der Waals surface area contributed by atoms with Crippen molar-refractivity contribution in [2.24, 2.45) is 0 Å². The maximum atomic E-state index is 13.3. The van der Waals surface area contributed by atoms with Gasteiger partial charge in [0.05, 0.1) is 17.7 Å². The summed E-state index contributed by atoms with van der Waals surface area (Å²) in [6.07, 6.45) is 0. The summed E-state index contributed by atoms with van der Waals surface area (Å²) < 4.78 is 31.4. The third-order valence-electron chi connectivity index (χ3n) is 2.84. The summed E-state index contributed by atoms with van der Waals surface area (Å²) in [5, 5.41) is 9.33. The highest BCUT2D eigenvalue weighted by molar-refractivity contribution is 6.04. The molecule has 0 aliphatic heterocycles. The molecule has 0 unspecified atom stereocenters. The standard InChI is InChI=1S/C13H11F2NO3/c1-6-8(5-19-2)12(13(17)18)7-3-9(14)10(15)4-11(7)16-6/h3-4H,5H2,1-2H3,(H,17,18). The summed E-state index contributed by atoms with van der Waals surface area (Å²) >= 11 is 0. The Kier molecular flexibility index (Phi) is 3.44. The molecule has 2 rings (SSSR count). The van der Waals surface area contributed by atoms with Crippen LogP contribution in [0.5, 0.6) is 0 Å². The van der Waals surface area contributed by atoms with E-state index in [9.17, 15) is 18.7 Å². The van der Waals surface area contributed by atoms with Crippen LogP contribution in [0.1, 0.15) is 21.6 Å². The van der Waals surface area contributed by atoms with E-state index in [0.717, 1.165) is 12.1 Å². The summed E-state index contributed by atoms with van der Waals surface area (Å²) in [7, 11) is 1.42. The van der Waals surface area contributed by atoms with Gasteiger partial charge in [-0.25, -0.2) is 13.6 Å². The molecule has 0 bridgehead atoms. The van der Waals surface area contributed by atoms with Crippen LogP contribution in [-0.4, -0.2) is 23.2 Å². The Morgan fingerprint density at radius 1 is 1.37 bits per heavy atom. The summed E-state index contributed by atoms with van der Waals surface area (Å²) in [5.74, 6) is -3.40. The maximum absolute atomic E-state index is 13.3. The minimum absolute atomic E-state index is 0.0371. The van der Waals surface area contributed by atoms with Gasteiger partial charge in [0.2, 0.25) is 0 Å². The third-order valence-corrected chi connectivity index (χ3v) is 2.84. The molecule has 0 saturated heterocycles. The van der Waals surface area contributed by atoms with Gasteiger partial charge in [-0.1, -0.05) is 0 Å². The Balaban J connectivity index is 2.89. The molecule has 0 spiro atoms. The lowest BCUT2D eigenvalue weighted by molar-refractivity contribution is 0.0693. The first-order valence-electron chi connectivity index (χ1n) is 5.46. The lowest BCUT2D eigenvalue weighted by Crippen LogP contribution is -2.09. The van der Waals surface area contributed by atoms with E-state index in [-0.39, 0.29) is 23.1 Å². The monoisotopic (exact) mass is 267 g/mol. The van der Waals surface area contributed by atoms with E-state index in [1.54, 1.807) is 6.92 Å². The fourth-order valence-corrected chi connectivity index (χ4v) is 1.99. The topological polar surface area (TPSA) is 59.4 Å². The van der Waals surface area contributed by atoms with E-state index in [4.69, 9.17) is 4.74 Å². The SMILES string of the molecule is COCc1c(C)nc2cc(F)c(F)cc2c1C(=O)O. The average molecular weight is 267 g/mol. The Morgan fingerprint density at radius 2 is 2.00 bits per heavy atom. The number of halogens is 2. The van der Waals surface area contributed by atoms with Crippen molar-refractivity contribution in [2.75, 3.05) is 7.11 Å². The van der Waals surface area contributed by atoms with Gasteiger partial charge >= 0.3 is 5.97 Å². The van der Waals surface area contributed by atoms with Crippen LogP contribution < -0.4 is 0 Å². The molecular weight excluding hydrogens is 256 g/mol. The molecule has 2 aromatic rings. The van der Waals surface area contributed by atoms with Gasteiger partial charge in [0, 0.05) is 29.8 Å². The van der Waals surface area contributed by atoms with Crippen molar-refractivity contribution in [3.8, 4) is 0 Å². The second-order valence-electron chi connectivity index (χ2n) is 4.07. The van der Waals surface area contributed by atoms with Crippen LogP contribution in [0.2, 0.25) is 0 Å². The molecule has 0 saturated carbocycles. The number of aromatic nitrogens is 1. The number of fused-ring (bicyclic) bond motifs is 1. The lowest BCUT2D eigenvalue weighted by atomic mass is 10.0. The molecule has 0 fully saturated rings. The van der Waals surface area contributed by atoms with E-state index in [1.165, 1.54) is 7.11 Å². The number of aryl methyl sites for hydroxylation is 1. The molecule has 1 N–H and O–H groups in total. The van der Waals surface area contributed by atoms with Crippen LogP contribution in [-0.2, 0) is 11.3 Å². The number of rotatable bonds is 3. The summed E-state index contributed by atoms with van der Waals surface area (Å²) in [6.45, 7) is 1.64. The highest BCUT2D eigenvalue weighted by atomic mass is 19.2. The largest absolute Gasteiger partial charge is 0.478 e. The number of benzene rings is 1. The number of nitrogens with zero attached hydrogens (tertiary/aromatic N) is 1. The zero-order valence-corrected chi connectivity index (χ0v) is 10.3. The Bertz CT molecular complexity index is 671. The molecule has 0 aliphatic rings. The molecule has 1 heterocycles. The summed E-state index contributed by atoms with van der Waals surface area (Å²) in [6, 6.07) is 1.74. The molecule has 19 heavy (non-hydrogen) atoms. The minimum atomic E-state index is -1.23. The summed E-state index contributed by atoms with van der Waals surface area (Å²) in [4.78, 5) is 15.4. The van der Waals surface area contributed by atoms with E-state index in [0.29, 0.717) is 11.3 Å². The van der Waals surface area contributed by atoms with E-state index in [2.05, 4.69) is 4.98 Å². The maximum Gasteiger partial charge on any atom is 0.336 e. The number of carbonyl (C=O) groups is 1. The molecule has 0 radical (unpaired) electrons. The lowest BCUT2D eigenvalue weighted by Gasteiger charge is -2.12. The van der Waals surface area contributed by atoms with E-state index in [1.807, 2.05) is 0 Å². The fourth-order valence-electron chi connectivity index (χ4n) is 1.99. The quantitative estimate of drug-likeness (QED) is 0.928. The second kappa shape index (κ2) is 4.89. The van der Waals surface area contributed by atoms with Crippen LogP contribution >= 0.6 is 0 Å². The Labute approximate surface area is 107 Å². The highest BCUT2D eigenvalue weighted by Gasteiger charge is 2.20. The first-order valence-corrected chi connectivity index (χ1v) is 5.46. The van der Waals surface area contributed by atoms with Gasteiger partial charge in [0.1, 0.15) is 0 Å². The molecular formula is C13H11F2NO3. The molecule has 0 aliphatic carbocycles. The minimum Gasteiger partial charge on any atom is -0.478 e. The molecule has 1 aromatic carbocycles. The number of pyridine rings is 1. The van der Waals surface area contributed by atoms with Gasteiger partial charge < -0.3 is 9.84 Å². The number of ether oxygens (including phenoxy) is 1. The number of methoxy groups -OCH3 is 1. The molecule has 0 amide bonds. The average Bonchev–Trinajstić information content (AvgIpc) is 2.32. The fraction of sp³-hybridized carbons (Fsp3) is 0.231. The molecule has 6 heteroatoms. The molecule has 0 atom stereocenters. The van der Waals surface area contributed by atoms with Crippen LogP contribution in [0.3, 0.4) is 0 Å². The van der Waals surface area contributed by atoms with Crippen molar-refractivity contribution < 1.29 is 23.4 Å². The smallest absolute Gasteiger partial charge is 0.336 e. The van der Waals surface area contributed by atoms with E-state index >= 15 is 0 Å². The van der Waals surface area contributed by atoms with Gasteiger partial charge in [-0.3, -0.25) is 4.98 Å². The molecule has 1 aromatic heterocycles. The van der Waals surface area contributed by atoms with Gasteiger partial charge in [-0.05, 0) is 13.0 Å². The first kappa shape index (κ1) is 13.4. The van der Waals surface area contributed by atoms with Gasteiger partial charge in [-0.15, -0.1) is 0 Å². The summed E-state index contributed by atoms with van der Waals surface area (Å²) in [5.41, 5.74) is 0.767. The second-order valence-corrected chi connectivity index (χ2v) is 4.07. The number of hydrogen-bond donors (Lipinski definition) is 1. The predicted octanol–water partition coefficient (Wildman–Crippen LogP) is 2.67. The number of carboxylic acid groups (broad SMARTS) is 1. The highest BCUT2D eigenvalue weighted by Crippen LogP contribution is 2.26. The zero-order valence-electron chi connectivity index (χ0n) is 10.3. The zero-order chi connectivity index (χ0) is 14.2. The van der Waals surface area contributed by atoms with Crippen molar-refractivity contribution in [1.29, 1.82) is 0 Å². The molecule has 4 nitrogen and oxygen atoms in total. The van der Waals surface area contributed by atoms with Crippen molar-refractivity contribution in [3.63, 3.8) is 0 Å². The third kappa shape index (κ3) is 2.26. The van der Waals surface area contributed by atoms with Crippen LogP contribution in [0.25, 0.3) is 10.9 Å². The van der Waals surface area contributed by atoms with Crippen LogP contribution in [0.4, 0.5) is 8.78 Å². The van der Waals surface area contributed by atoms with Crippen molar-refractivity contribution in [3.05, 3.63) is 40.6 Å². The van der Waals surface area contributed by atoms with E-state index < -0.39 is 17.6 Å². The van der Waals surface area contributed by atoms with Gasteiger partial charge in [0.25, 0.3) is 0 Å². The van der Waals surface area contributed by atoms with Crippen LogP contribution in [0.15, 0.2) is 12.1 Å². The molecule has 100 valence electrons. The number of aromatic carboxylic acids is 1. The van der Waals surface area contributed by atoms with Crippen molar-refractivity contribution >= 4 is 16.9 Å². The van der Waals surface area contributed by atoms with Crippen LogP contribution in [0, 0.1) is 18.6 Å². The normalized spacial score (nSPS) is 10.9. The Morgan fingerprint density at radius 3 is 2.58 bits per heavy atom. The van der Waals surface area contributed by atoms with Crippen molar-refractivity contribution in [1.82, 2.24) is 4.98 Å². The number of carboxylic acids is 1. The Hall–Kier alpha value is -2.08. The van der Waals surface area contributed by atoms with Crippen molar-refractivity contribution in [2.45, 2.75) is 13.5 Å². The number of hydrogen-bond acceptors (Lipinski definition) is 3. The first-order chi connectivity index (χ1) is 8.95. The predicted molar refractivity (Wildman–Crippen MR) is 64.1 cm³/mol.